The van der Waals surface area contributed by atoms with E-state index in [9.17, 15) is 9.59 Å². The van der Waals surface area contributed by atoms with Crippen molar-refractivity contribution >= 4 is 63.2 Å². The van der Waals surface area contributed by atoms with Crippen molar-refractivity contribution in [2.24, 2.45) is 4.99 Å². The van der Waals surface area contributed by atoms with Gasteiger partial charge in [0.1, 0.15) is 5.75 Å². The zero-order chi connectivity index (χ0) is 18.5. The van der Waals surface area contributed by atoms with Crippen LogP contribution in [-0.2, 0) is 9.59 Å². The van der Waals surface area contributed by atoms with Gasteiger partial charge in [-0.2, -0.15) is 0 Å². The van der Waals surface area contributed by atoms with Crippen LogP contribution in [0, 0.1) is 3.57 Å². The first-order valence-electron chi connectivity index (χ1n) is 7.50. The number of nitrogens with one attached hydrogen (secondary N) is 1. The first-order chi connectivity index (χ1) is 12.5. The maximum Gasteiger partial charge on any atom is 0.341 e. The number of amides is 1. The molecule has 1 saturated heterocycles. The van der Waals surface area contributed by atoms with Gasteiger partial charge in [0.15, 0.2) is 11.8 Å². The van der Waals surface area contributed by atoms with Crippen LogP contribution in [0.4, 0.5) is 5.69 Å². The minimum atomic E-state index is -1.06. The number of carbonyl (C=O) groups is 2. The standard InChI is InChI=1S/C18H13IN2O4S/c19-12-5-7-13(8-6-12)20-18-21-17(24)15(26-18)9-11-3-1-2-4-14(11)25-10-16(22)23/h1-9H,10H2,(H,22,23)(H,20,21,24)/b15-9+. The predicted octanol–water partition coefficient (Wildman–Crippen LogP) is 3.65. The van der Waals surface area contributed by atoms with Crippen LogP contribution >= 0.6 is 34.4 Å². The number of hydrogen-bond acceptors (Lipinski definition) is 5. The zero-order valence-electron chi connectivity index (χ0n) is 13.3. The molecule has 0 unspecified atom stereocenters. The summed E-state index contributed by atoms with van der Waals surface area (Å²) in [4.78, 5) is 27.8. The van der Waals surface area contributed by atoms with E-state index in [1.807, 2.05) is 24.3 Å². The third kappa shape index (κ3) is 4.85. The number of para-hydroxylation sites is 1. The number of benzene rings is 2. The molecule has 6 nitrogen and oxygen atoms in total. The number of halogens is 1. The summed E-state index contributed by atoms with van der Waals surface area (Å²) in [5.41, 5.74) is 1.38. The number of aliphatic carboxylic acids is 1. The van der Waals surface area contributed by atoms with Crippen LogP contribution in [0.1, 0.15) is 5.56 Å². The number of aliphatic imine (C=N–C) groups is 1. The van der Waals surface area contributed by atoms with Crippen molar-refractivity contribution in [3.05, 3.63) is 62.6 Å². The molecule has 0 aliphatic carbocycles. The summed E-state index contributed by atoms with van der Waals surface area (Å²) < 4.78 is 6.37. The molecule has 2 N–H and O–H groups in total. The van der Waals surface area contributed by atoms with Crippen LogP contribution in [0.3, 0.4) is 0 Å². The molecule has 0 atom stereocenters. The molecule has 3 rings (SSSR count). The van der Waals surface area contributed by atoms with Crippen LogP contribution < -0.4 is 10.1 Å². The average Bonchev–Trinajstić information content (AvgIpc) is 2.95. The van der Waals surface area contributed by atoms with Gasteiger partial charge in [0.25, 0.3) is 5.91 Å². The Balaban J connectivity index is 1.81. The van der Waals surface area contributed by atoms with Gasteiger partial charge in [0.2, 0.25) is 0 Å². The van der Waals surface area contributed by atoms with E-state index < -0.39 is 12.6 Å². The molecule has 2 aromatic carbocycles. The predicted molar refractivity (Wildman–Crippen MR) is 110 cm³/mol. The highest BCUT2D eigenvalue weighted by molar-refractivity contribution is 14.1. The van der Waals surface area contributed by atoms with Crippen LogP contribution in [-0.4, -0.2) is 28.8 Å². The molecule has 8 heteroatoms. The van der Waals surface area contributed by atoms with E-state index in [1.165, 1.54) is 11.8 Å². The third-order valence-corrected chi connectivity index (χ3v) is 4.89. The molecule has 1 aliphatic heterocycles. The summed E-state index contributed by atoms with van der Waals surface area (Å²) >= 11 is 3.44. The molecule has 0 bridgehead atoms. The van der Waals surface area contributed by atoms with Crippen LogP contribution in [0.25, 0.3) is 6.08 Å². The first-order valence-corrected chi connectivity index (χ1v) is 9.39. The summed E-state index contributed by atoms with van der Waals surface area (Å²) in [5.74, 6) is -0.918. The van der Waals surface area contributed by atoms with Gasteiger partial charge in [0.05, 0.1) is 10.6 Å². The van der Waals surface area contributed by atoms with Gasteiger partial charge >= 0.3 is 5.97 Å². The van der Waals surface area contributed by atoms with Crippen molar-refractivity contribution in [2.45, 2.75) is 0 Å². The molecule has 1 heterocycles. The summed E-state index contributed by atoms with van der Waals surface area (Å²) in [5, 5.41) is 12.0. The van der Waals surface area contributed by atoms with Crippen molar-refractivity contribution in [3.8, 4) is 5.75 Å². The summed E-state index contributed by atoms with van der Waals surface area (Å²) in [6.45, 7) is -0.445. The quantitative estimate of drug-likeness (QED) is 0.504. The molecule has 0 saturated carbocycles. The second kappa shape index (κ2) is 8.37. The largest absolute Gasteiger partial charge is 0.481 e. The van der Waals surface area contributed by atoms with Gasteiger partial charge < -0.3 is 15.2 Å². The normalized spacial score (nSPS) is 16.7. The summed E-state index contributed by atoms with van der Waals surface area (Å²) in [7, 11) is 0. The molecule has 0 radical (unpaired) electrons. The number of carbonyl (C=O) groups excluding carboxylic acids is 1. The number of nitrogens with zero attached hydrogens (tertiary/aromatic N) is 1. The van der Waals surface area contributed by atoms with Gasteiger partial charge in [-0.1, -0.05) is 18.2 Å². The molecule has 1 amide bonds. The molecular formula is C18H13IN2O4S. The highest BCUT2D eigenvalue weighted by Crippen LogP contribution is 2.30. The Kier molecular flexibility index (Phi) is 5.94. The van der Waals surface area contributed by atoms with Gasteiger partial charge in [-0.05, 0) is 70.8 Å². The molecule has 132 valence electrons. The van der Waals surface area contributed by atoms with Crippen molar-refractivity contribution in [1.82, 2.24) is 5.32 Å². The van der Waals surface area contributed by atoms with Crippen molar-refractivity contribution in [3.63, 3.8) is 0 Å². The zero-order valence-corrected chi connectivity index (χ0v) is 16.3. The van der Waals surface area contributed by atoms with Gasteiger partial charge in [-0.3, -0.25) is 4.79 Å². The Bertz CT molecular complexity index is 910. The Morgan fingerprint density at radius 2 is 1.96 bits per heavy atom. The first kappa shape index (κ1) is 18.5. The number of hydrogen-bond donors (Lipinski definition) is 2. The number of amidine groups is 1. The Labute approximate surface area is 167 Å². The Morgan fingerprint density at radius 3 is 2.69 bits per heavy atom. The van der Waals surface area contributed by atoms with Crippen molar-refractivity contribution in [1.29, 1.82) is 0 Å². The molecule has 0 spiro atoms. The maximum atomic E-state index is 12.2. The Morgan fingerprint density at radius 1 is 1.23 bits per heavy atom. The molecular weight excluding hydrogens is 467 g/mol. The van der Waals surface area contributed by atoms with E-state index in [-0.39, 0.29) is 5.91 Å². The lowest BCUT2D eigenvalue weighted by atomic mass is 10.2. The molecule has 0 aromatic heterocycles. The number of rotatable bonds is 5. The highest BCUT2D eigenvalue weighted by Gasteiger charge is 2.24. The molecule has 1 aliphatic rings. The topological polar surface area (TPSA) is 88.0 Å². The van der Waals surface area contributed by atoms with Crippen molar-refractivity contribution in [2.75, 3.05) is 6.61 Å². The summed E-state index contributed by atoms with van der Waals surface area (Å²) in [6.07, 6.45) is 1.66. The maximum absolute atomic E-state index is 12.2. The number of carboxylic acid groups (broad SMARTS) is 1. The van der Waals surface area contributed by atoms with E-state index in [4.69, 9.17) is 9.84 Å². The lowest BCUT2D eigenvalue weighted by Gasteiger charge is -2.06. The molecule has 26 heavy (non-hydrogen) atoms. The average molecular weight is 480 g/mol. The van der Waals surface area contributed by atoms with E-state index in [0.29, 0.717) is 21.4 Å². The Hall–Kier alpha value is -2.33. The van der Waals surface area contributed by atoms with E-state index >= 15 is 0 Å². The lowest BCUT2D eigenvalue weighted by Crippen LogP contribution is -2.19. The van der Waals surface area contributed by atoms with Crippen molar-refractivity contribution < 1.29 is 19.4 Å². The molecule has 2 aromatic rings. The van der Waals surface area contributed by atoms with Crippen LogP contribution in [0.2, 0.25) is 0 Å². The number of carboxylic acids is 1. The van der Waals surface area contributed by atoms with Gasteiger partial charge in [0, 0.05) is 9.13 Å². The SMILES string of the molecule is O=C(O)COc1ccccc1/C=C1/SC(=Nc2ccc(I)cc2)NC1=O. The van der Waals surface area contributed by atoms with E-state index in [2.05, 4.69) is 32.9 Å². The van der Waals surface area contributed by atoms with Gasteiger partial charge in [-0.25, -0.2) is 9.79 Å². The minimum Gasteiger partial charge on any atom is -0.481 e. The highest BCUT2D eigenvalue weighted by atomic mass is 127. The monoisotopic (exact) mass is 480 g/mol. The fourth-order valence-corrected chi connectivity index (χ4v) is 3.32. The minimum absolute atomic E-state index is 0.257. The lowest BCUT2D eigenvalue weighted by molar-refractivity contribution is -0.139. The number of thioether (sulfide) groups is 1. The van der Waals surface area contributed by atoms with Crippen LogP contribution in [0.5, 0.6) is 5.75 Å². The summed E-state index contributed by atoms with van der Waals surface area (Å²) in [6, 6.07) is 14.6. The van der Waals surface area contributed by atoms with Gasteiger partial charge in [-0.15, -0.1) is 0 Å². The van der Waals surface area contributed by atoms with E-state index in [1.54, 1.807) is 30.3 Å². The third-order valence-electron chi connectivity index (χ3n) is 3.26. The smallest absolute Gasteiger partial charge is 0.341 e. The van der Waals surface area contributed by atoms with E-state index in [0.717, 1.165) is 9.26 Å². The van der Waals surface area contributed by atoms with Crippen LogP contribution in [0.15, 0.2) is 58.4 Å². The number of ether oxygens (including phenoxy) is 1. The fourth-order valence-electron chi connectivity index (χ4n) is 2.13. The second-order valence-corrected chi connectivity index (χ2v) is 7.45. The molecule has 1 fully saturated rings. The second-order valence-electron chi connectivity index (χ2n) is 5.18. The fraction of sp³-hybridized carbons (Fsp3) is 0.0556.